The van der Waals surface area contributed by atoms with Crippen LogP contribution in [0.1, 0.15) is 64.4 Å². The first-order chi connectivity index (χ1) is 33.8. The van der Waals surface area contributed by atoms with Crippen molar-refractivity contribution in [1.82, 2.24) is 42.5 Å². The normalized spacial score (nSPS) is 14.7. The van der Waals surface area contributed by atoms with Gasteiger partial charge in [0.15, 0.2) is 0 Å². The molecule has 0 spiro atoms. The van der Waals surface area contributed by atoms with Crippen LogP contribution < -0.4 is 59.7 Å². The Hall–Kier alpha value is -7.54. The van der Waals surface area contributed by atoms with Gasteiger partial charge in [-0.05, 0) is 62.3 Å². The number of nitrogens with one attached hydrogen (secondary N) is 8. The van der Waals surface area contributed by atoms with Gasteiger partial charge in [-0.2, -0.15) is 0 Å². The number of aliphatic carboxylic acids is 3. The monoisotopic (exact) mass is 1030 g/mol. The predicted octanol–water partition coefficient (Wildman–Crippen LogP) is -7.80. The number of carbonyl (C=O) groups excluding carboxylic acids is 9. The average Bonchev–Trinajstić information content (AvgIpc) is 3.30. The Bertz CT molecular complexity index is 2080. The van der Waals surface area contributed by atoms with E-state index >= 15 is 0 Å². The number of aromatic hydroxyl groups is 1. The largest absolute Gasteiger partial charge is 0.508 e. The van der Waals surface area contributed by atoms with Crippen molar-refractivity contribution in [2.24, 2.45) is 23.1 Å². The lowest BCUT2D eigenvalue weighted by Crippen LogP contribution is -2.62. The van der Waals surface area contributed by atoms with E-state index in [1.54, 1.807) is 0 Å². The summed E-state index contributed by atoms with van der Waals surface area (Å²) in [6.45, 7) is -0.287. The van der Waals surface area contributed by atoms with Crippen LogP contribution in [-0.4, -0.2) is 188 Å². The Balaban J connectivity index is 3.21. The van der Waals surface area contributed by atoms with Gasteiger partial charge in [0.1, 0.15) is 54.1 Å². The molecule has 72 heavy (non-hydrogen) atoms. The highest BCUT2D eigenvalue weighted by atomic mass is 16.4. The van der Waals surface area contributed by atoms with Crippen LogP contribution in [0.4, 0.5) is 0 Å². The molecule has 0 heterocycles. The van der Waals surface area contributed by atoms with Gasteiger partial charge in [-0.15, -0.1) is 0 Å². The third-order valence-electron chi connectivity index (χ3n) is 10.3. The van der Waals surface area contributed by atoms with Gasteiger partial charge in [0.05, 0.1) is 38.7 Å². The van der Waals surface area contributed by atoms with Crippen LogP contribution in [0, 0.1) is 5.92 Å². The standard InChI is InChI=1S/C42H65N11O19/c1-19(2)33(53-40(69)29(18-56)50-34(63)22(44)13-20-6-8-21(57)9-7-20)41(70)52-28(17-55)39(68)48-25(14-30(45)58)37(66)51-27(16-54)38(67)47-24(10-11-31(59)60)36(65)46-23(5-3-4-12-43)35(64)49-26(42(71)72)15-32(61)62/h6-9,19,22-29,33,54-57H,3-5,10-18,43-44H2,1-2H3,(H2,45,58)(H,46,65)(H,47,67)(H,48,68)(H,49,64)(H,50,63)(H,51,66)(H,52,70)(H,53,69)(H,59,60)(H,61,62)(H,71,72)/t22-,23-,24-,25-,26-,27-,28-,29-,33-/m0/s1. The first-order valence-corrected chi connectivity index (χ1v) is 22.2. The van der Waals surface area contributed by atoms with E-state index in [4.69, 9.17) is 22.3 Å². The SMILES string of the molecule is CC(C)[C@H](NC(=O)[C@H](CO)NC(=O)[C@@H](N)Cc1ccc(O)cc1)C(=O)N[C@@H](CO)C(=O)N[C@@H](CC(N)=O)C(=O)N[C@@H](CO)C(=O)N[C@@H](CCC(=O)O)C(=O)N[C@@H](CCCCN)C(=O)N[C@@H](CC(=O)O)C(=O)O. The number of phenolic OH excluding ortho intramolecular Hbond substituents is 1. The van der Waals surface area contributed by atoms with Gasteiger partial charge >= 0.3 is 17.9 Å². The summed E-state index contributed by atoms with van der Waals surface area (Å²) in [5.41, 5.74) is 17.3. The fourth-order valence-electron chi connectivity index (χ4n) is 6.34. The van der Waals surface area contributed by atoms with Gasteiger partial charge in [0.25, 0.3) is 0 Å². The number of rotatable bonds is 34. The molecule has 9 atom stereocenters. The topological polar surface area (TPSA) is 521 Å². The number of nitrogens with two attached hydrogens (primary N) is 3. The van der Waals surface area contributed by atoms with Gasteiger partial charge in [0.2, 0.25) is 53.2 Å². The van der Waals surface area contributed by atoms with Crippen molar-refractivity contribution in [3.8, 4) is 5.75 Å². The van der Waals surface area contributed by atoms with E-state index in [1.807, 2.05) is 10.6 Å². The molecule has 9 amide bonds. The molecule has 1 aromatic rings. The van der Waals surface area contributed by atoms with Crippen molar-refractivity contribution in [3.63, 3.8) is 0 Å². The first kappa shape index (κ1) is 62.5. The molecule has 0 fully saturated rings. The average molecular weight is 1030 g/mol. The molecule has 30 heteroatoms. The minimum atomic E-state index is -2.02. The molecule has 0 unspecified atom stereocenters. The van der Waals surface area contributed by atoms with Crippen LogP contribution in [-0.2, 0) is 64.0 Å². The van der Waals surface area contributed by atoms with Gasteiger partial charge in [0, 0.05) is 6.42 Å². The number of amides is 9. The molecule has 402 valence electrons. The number of hydrogen-bond donors (Lipinski definition) is 18. The number of phenols is 1. The van der Waals surface area contributed by atoms with Crippen LogP contribution in [0.15, 0.2) is 24.3 Å². The lowest BCUT2D eigenvalue weighted by atomic mass is 10.0. The number of aliphatic hydroxyl groups excluding tert-OH is 3. The predicted molar refractivity (Wildman–Crippen MR) is 245 cm³/mol. The number of aliphatic hydroxyl groups is 3. The zero-order chi connectivity index (χ0) is 54.8. The van der Waals surface area contributed by atoms with Crippen LogP contribution in [0.2, 0.25) is 0 Å². The summed E-state index contributed by atoms with van der Waals surface area (Å²) >= 11 is 0. The van der Waals surface area contributed by atoms with Crippen molar-refractivity contribution in [2.45, 2.75) is 120 Å². The molecule has 30 nitrogen and oxygen atoms in total. The molecular weight excluding hydrogens is 963 g/mol. The van der Waals surface area contributed by atoms with Gasteiger partial charge in [-0.3, -0.25) is 52.7 Å². The van der Waals surface area contributed by atoms with Crippen molar-refractivity contribution >= 4 is 71.1 Å². The highest BCUT2D eigenvalue weighted by molar-refractivity contribution is 5.99. The third kappa shape index (κ3) is 22.5. The number of carbonyl (C=O) groups is 12. The lowest BCUT2D eigenvalue weighted by Gasteiger charge is -2.28. The molecule has 0 aliphatic carbocycles. The van der Waals surface area contributed by atoms with Gasteiger partial charge < -0.3 is 95.5 Å². The maximum absolute atomic E-state index is 13.5. The highest BCUT2D eigenvalue weighted by Crippen LogP contribution is 2.12. The summed E-state index contributed by atoms with van der Waals surface area (Å²) in [5.74, 6) is -16.2. The van der Waals surface area contributed by atoms with E-state index in [0.717, 1.165) is 0 Å². The highest BCUT2D eigenvalue weighted by Gasteiger charge is 2.36. The molecule has 1 rings (SSSR count). The Morgan fingerprint density at radius 3 is 1.38 bits per heavy atom. The van der Waals surface area contributed by atoms with E-state index in [-0.39, 0.29) is 31.6 Å². The Kier molecular flexibility index (Phi) is 27.5. The third-order valence-corrected chi connectivity index (χ3v) is 10.3. The Labute approximate surface area is 410 Å². The molecule has 0 aliphatic heterocycles. The van der Waals surface area contributed by atoms with E-state index in [0.29, 0.717) is 12.0 Å². The van der Waals surface area contributed by atoms with Crippen LogP contribution in [0.5, 0.6) is 5.75 Å². The minimum Gasteiger partial charge on any atom is -0.508 e. The number of benzene rings is 1. The second kappa shape index (κ2) is 31.6. The molecule has 21 N–H and O–H groups in total. The second-order valence-electron chi connectivity index (χ2n) is 16.5. The Morgan fingerprint density at radius 1 is 0.514 bits per heavy atom. The molecule has 0 radical (unpaired) electrons. The summed E-state index contributed by atoms with van der Waals surface area (Å²) in [7, 11) is 0. The summed E-state index contributed by atoms with van der Waals surface area (Å²) < 4.78 is 0. The smallest absolute Gasteiger partial charge is 0.326 e. The summed E-state index contributed by atoms with van der Waals surface area (Å²) in [6, 6.07) is -9.85. The van der Waals surface area contributed by atoms with Crippen LogP contribution >= 0.6 is 0 Å². The molecule has 0 aliphatic rings. The van der Waals surface area contributed by atoms with E-state index in [9.17, 15) is 88.2 Å². The summed E-state index contributed by atoms with van der Waals surface area (Å²) in [4.78, 5) is 152. The maximum atomic E-state index is 13.5. The summed E-state index contributed by atoms with van der Waals surface area (Å²) in [5, 5.41) is 84.5. The maximum Gasteiger partial charge on any atom is 0.326 e. The Morgan fingerprint density at radius 2 is 0.931 bits per heavy atom. The van der Waals surface area contributed by atoms with E-state index in [2.05, 4.69) is 31.9 Å². The van der Waals surface area contributed by atoms with E-state index < -0.39 is 177 Å². The zero-order valence-corrected chi connectivity index (χ0v) is 39.3. The molecule has 0 bridgehead atoms. The molecule has 0 saturated carbocycles. The quantitative estimate of drug-likeness (QED) is 0.0285. The first-order valence-electron chi connectivity index (χ1n) is 22.2. The van der Waals surface area contributed by atoms with Crippen molar-refractivity contribution in [1.29, 1.82) is 0 Å². The fourth-order valence-corrected chi connectivity index (χ4v) is 6.34. The number of unbranched alkanes of at least 4 members (excludes halogenated alkanes) is 1. The summed E-state index contributed by atoms with van der Waals surface area (Å²) in [6.07, 6.45) is -3.23. The van der Waals surface area contributed by atoms with Crippen molar-refractivity contribution in [3.05, 3.63) is 29.8 Å². The molecule has 1 aromatic carbocycles. The van der Waals surface area contributed by atoms with E-state index in [1.165, 1.54) is 38.1 Å². The second-order valence-corrected chi connectivity index (χ2v) is 16.5. The fraction of sp³-hybridized carbons (Fsp3) is 0.571. The van der Waals surface area contributed by atoms with Gasteiger partial charge in [-0.1, -0.05) is 26.0 Å². The number of primary amides is 1. The number of hydrogen-bond acceptors (Lipinski definition) is 18. The number of carboxylic acids is 3. The molecular formula is C42H65N11O19. The zero-order valence-electron chi connectivity index (χ0n) is 39.3. The van der Waals surface area contributed by atoms with Crippen LogP contribution in [0.3, 0.4) is 0 Å². The number of carboxylic acid groups (broad SMARTS) is 3. The molecule has 0 aromatic heterocycles. The van der Waals surface area contributed by atoms with Crippen molar-refractivity contribution < 1.29 is 93.3 Å². The lowest BCUT2D eigenvalue weighted by molar-refractivity contribution is -0.147. The van der Waals surface area contributed by atoms with Crippen molar-refractivity contribution in [2.75, 3.05) is 26.4 Å². The van der Waals surface area contributed by atoms with Crippen LogP contribution in [0.25, 0.3) is 0 Å². The minimum absolute atomic E-state index is 0.0210. The molecule has 0 saturated heterocycles. The van der Waals surface area contributed by atoms with Gasteiger partial charge in [-0.25, -0.2) is 4.79 Å².